The number of morpholine rings is 1. The number of ether oxygens (including phenoxy) is 1. The Kier molecular flexibility index (Phi) is 5.23. The van der Waals surface area contributed by atoms with Crippen LogP contribution in [0.1, 0.15) is 33.6 Å². The van der Waals surface area contributed by atoms with Crippen LogP contribution in [0.15, 0.2) is 0 Å². The third kappa shape index (κ3) is 4.15. The number of piperidine rings is 1. The molecule has 2 rings (SSSR count). The molecule has 2 aliphatic rings. The Bertz CT molecular complexity index is 275. The number of nitrogens with zero attached hydrogens (tertiary/aromatic N) is 2. The van der Waals surface area contributed by atoms with Crippen LogP contribution in [-0.2, 0) is 4.74 Å². The van der Waals surface area contributed by atoms with Gasteiger partial charge in [0.2, 0.25) is 0 Å². The van der Waals surface area contributed by atoms with E-state index in [2.05, 4.69) is 30.6 Å². The van der Waals surface area contributed by atoms with Crippen LogP contribution in [0.25, 0.3) is 0 Å². The molecule has 0 spiro atoms. The molecule has 0 bridgehead atoms. The van der Waals surface area contributed by atoms with Gasteiger partial charge in [-0.1, -0.05) is 6.92 Å². The summed E-state index contributed by atoms with van der Waals surface area (Å²) in [6.07, 6.45) is 2.84. The van der Waals surface area contributed by atoms with Gasteiger partial charge in [0.25, 0.3) is 0 Å². The van der Waals surface area contributed by atoms with Crippen LogP contribution >= 0.6 is 0 Å². The first-order valence-electron chi connectivity index (χ1n) is 7.80. The molecule has 0 radical (unpaired) electrons. The van der Waals surface area contributed by atoms with Crippen LogP contribution in [0, 0.1) is 5.41 Å². The number of rotatable bonds is 4. The summed E-state index contributed by atoms with van der Waals surface area (Å²) in [7, 11) is 0. The molecule has 0 aromatic heterocycles. The van der Waals surface area contributed by atoms with Crippen molar-refractivity contribution >= 4 is 0 Å². The Morgan fingerprint density at radius 3 is 2.53 bits per heavy atom. The largest absolute Gasteiger partial charge is 0.374 e. The van der Waals surface area contributed by atoms with E-state index in [1.165, 1.54) is 25.9 Å². The van der Waals surface area contributed by atoms with Gasteiger partial charge in [0.15, 0.2) is 0 Å². The third-order valence-corrected chi connectivity index (χ3v) is 4.92. The summed E-state index contributed by atoms with van der Waals surface area (Å²) < 4.78 is 5.93. The quantitative estimate of drug-likeness (QED) is 0.831. The highest BCUT2D eigenvalue weighted by molar-refractivity contribution is 4.85. The van der Waals surface area contributed by atoms with E-state index in [-0.39, 0.29) is 0 Å². The molecular weight excluding hydrogens is 238 g/mol. The highest BCUT2D eigenvalue weighted by Crippen LogP contribution is 2.29. The second-order valence-electron chi connectivity index (χ2n) is 6.90. The van der Waals surface area contributed by atoms with E-state index >= 15 is 0 Å². The van der Waals surface area contributed by atoms with Gasteiger partial charge in [-0.05, 0) is 51.7 Å². The Labute approximate surface area is 118 Å². The first-order valence-corrected chi connectivity index (χ1v) is 7.80. The van der Waals surface area contributed by atoms with Crippen LogP contribution in [0.4, 0.5) is 0 Å². The minimum Gasteiger partial charge on any atom is -0.374 e. The van der Waals surface area contributed by atoms with Crippen molar-refractivity contribution in [3.05, 3.63) is 0 Å². The van der Waals surface area contributed by atoms with Crippen LogP contribution in [0.2, 0.25) is 0 Å². The maximum absolute atomic E-state index is 5.93. The van der Waals surface area contributed by atoms with Crippen molar-refractivity contribution in [3.63, 3.8) is 0 Å². The van der Waals surface area contributed by atoms with E-state index in [0.29, 0.717) is 17.6 Å². The zero-order valence-electron chi connectivity index (χ0n) is 12.9. The summed E-state index contributed by atoms with van der Waals surface area (Å²) >= 11 is 0. The fourth-order valence-corrected chi connectivity index (χ4v) is 3.09. The summed E-state index contributed by atoms with van der Waals surface area (Å²) in [4.78, 5) is 5.09. The third-order valence-electron chi connectivity index (χ3n) is 4.92. The van der Waals surface area contributed by atoms with E-state index in [1.54, 1.807) is 0 Å². The molecule has 2 N–H and O–H groups in total. The fourth-order valence-electron chi connectivity index (χ4n) is 3.09. The van der Waals surface area contributed by atoms with Crippen LogP contribution < -0.4 is 5.73 Å². The van der Waals surface area contributed by atoms with Gasteiger partial charge in [-0.15, -0.1) is 0 Å². The lowest BCUT2D eigenvalue weighted by Gasteiger charge is -2.42. The van der Waals surface area contributed by atoms with Crippen molar-refractivity contribution in [2.45, 2.75) is 45.8 Å². The summed E-state index contributed by atoms with van der Waals surface area (Å²) in [5, 5.41) is 0. The summed E-state index contributed by atoms with van der Waals surface area (Å²) in [5.74, 6) is 0. The zero-order chi connectivity index (χ0) is 13.9. The van der Waals surface area contributed by atoms with Gasteiger partial charge in [0.1, 0.15) is 0 Å². The minimum absolute atomic E-state index is 0.369. The minimum atomic E-state index is 0.369. The van der Waals surface area contributed by atoms with Crippen molar-refractivity contribution in [3.8, 4) is 0 Å². The van der Waals surface area contributed by atoms with Gasteiger partial charge in [0.05, 0.1) is 12.7 Å². The molecule has 0 aromatic carbocycles. The standard InChI is InChI=1S/C15H31N3O/c1-13(2)18-8-9-19-14(11-18)10-17-6-4-15(3,12-16)5-7-17/h13-14H,4-12,16H2,1-3H3. The topological polar surface area (TPSA) is 41.7 Å². The first-order chi connectivity index (χ1) is 9.02. The van der Waals surface area contributed by atoms with E-state index < -0.39 is 0 Å². The second-order valence-corrected chi connectivity index (χ2v) is 6.90. The van der Waals surface area contributed by atoms with Gasteiger partial charge in [-0.25, -0.2) is 0 Å². The molecule has 2 saturated heterocycles. The Balaban J connectivity index is 1.76. The van der Waals surface area contributed by atoms with Crippen molar-refractivity contribution in [2.24, 2.45) is 11.1 Å². The predicted octanol–water partition coefficient (Wildman–Crippen LogP) is 1.16. The van der Waals surface area contributed by atoms with Gasteiger partial charge in [-0.2, -0.15) is 0 Å². The monoisotopic (exact) mass is 269 g/mol. The van der Waals surface area contributed by atoms with Gasteiger partial charge >= 0.3 is 0 Å². The summed E-state index contributed by atoms with van der Waals surface area (Å²) in [5.41, 5.74) is 6.24. The number of likely N-dealkylation sites (tertiary alicyclic amines) is 1. The van der Waals surface area contributed by atoms with Crippen LogP contribution in [0.3, 0.4) is 0 Å². The molecule has 4 nitrogen and oxygen atoms in total. The van der Waals surface area contributed by atoms with Crippen LogP contribution in [-0.4, -0.2) is 67.8 Å². The van der Waals surface area contributed by atoms with Crippen molar-refractivity contribution in [1.29, 1.82) is 0 Å². The van der Waals surface area contributed by atoms with E-state index in [9.17, 15) is 0 Å². The van der Waals surface area contributed by atoms with Crippen molar-refractivity contribution in [2.75, 3.05) is 45.9 Å². The predicted molar refractivity (Wildman–Crippen MR) is 79.3 cm³/mol. The molecule has 0 amide bonds. The normalized spacial score (nSPS) is 29.8. The molecule has 2 aliphatic heterocycles. The molecule has 112 valence electrons. The zero-order valence-corrected chi connectivity index (χ0v) is 12.9. The highest BCUT2D eigenvalue weighted by Gasteiger charge is 2.31. The molecule has 2 heterocycles. The lowest BCUT2D eigenvalue weighted by atomic mass is 9.80. The molecule has 2 fully saturated rings. The van der Waals surface area contributed by atoms with Crippen molar-refractivity contribution < 1.29 is 4.74 Å². The summed E-state index contributed by atoms with van der Waals surface area (Å²) in [6, 6.07) is 0.633. The molecule has 1 atom stereocenters. The summed E-state index contributed by atoms with van der Waals surface area (Å²) in [6.45, 7) is 14.2. The Morgan fingerprint density at radius 1 is 1.26 bits per heavy atom. The van der Waals surface area contributed by atoms with Crippen LogP contribution in [0.5, 0.6) is 0 Å². The average molecular weight is 269 g/mol. The molecule has 19 heavy (non-hydrogen) atoms. The molecule has 0 aliphatic carbocycles. The highest BCUT2D eigenvalue weighted by atomic mass is 16.5. The first kappa shape index (κ1) is 15.2. The van der Waals surface area contributed by atoms with E-state index in [4.69, 9.17) is 10.5 Å². The molecule has 1 unspecified atom stereocenters. The van der Waals surface area contributed by atoms with E-state index in [1.807, 2.05) is 0 Å². The smallest absolute Gasteiger partial charge is 0.0829 e. The molecule has 0 aromatic rings. The van der Waals surface area contributed by atoms with E-state index in [0.717, 1.165) is 32.8 Å². The lowest BCUT2D eigenvalue weighted by Crippen LogP contribution is -2.51. The fraction of sp³-hybridized carbons (Fsp3) is 1.00. The second kappa shape index (κ2) is 6.53. The SMILES string of the molecule is CC(C)N1CCOC(CN2CCC(C)(CN)CC2)C1. The average Bonchev–Trinajstić information content (AvgIpc) is 2.42. The molecule has 4 heteroatoms. The lowest BCUT2D eigenvalue weighted by molar-refractivity contribution is -0.0573. The molecular formula is C15H31N3O. The van der Waals surface area contributed by atoms with Gasteiger partial charge in [-0.3, -0.25) is 4.90 Å². The Morgan fingerprint density at radius 2 is 1.95 bits per heavy atom. The Hall–Kier alpha value is -0.160. The number of hydrogen-bond acceptors (Lipinski definition) is 4. The van der Waals surface area contributed by atoms with Crippen molar-refractivity contribution in [1.82, 2.24) is 9.80 Å². The maximum Gasteiger partial charge on any atom is 0.0829 e. The van der Waals surface area contributed by atoms with Gasteiger partial charge in [0, 0.05) is 25.7 Å². The van der Waals surface area contributed by atoms with Gasteiger partial charge < -0.3 is 15.4 Å². The number of nitrogens with two attached hydrogens (primary N) is 1. The number of hydrogen-bond donors (Lipinski definition) is 1. The molecule has 0 saturated carbocycles. The maximum atomic E-state index is 5.93.